The standard InChI is InChI=1S/C13H11F2NO2S2/c14-10-2-1-3-11(12(10)15)16-20(17,18)13-9(6-7-19-13)8-4-5-8/h1-3,6-8,16H,4-5H2. The summed E-state index contributed by atoms with van der Waals surface area (Å²) >= 11 is 1.09. The normalized spacial score (nSPS) is 15.3. The monoisotopic (exact) mass is 315 g/mol. The first kappa shape index (κ1) is 13.5. The van der Waals surface area contributed by atoms with Gasteiger partial charge in [-0.2, -0.15) is 0 Å². The van der Waals surface area contributed by atoms with Gasteiger partial charge in [-0.1, -0.05) is 6.07 Å². The van der Waals surface area contributed by atoms with E-state index in [1.54, 1.807) is 11.4 Å². The molecule has 0 aliphatic heterocycles. The Morgan fingerprint density at radius 2 is 1.95 bits per heavy atom. The van der Waals surface area contributed by atoms with Crippen LogP contribution in [0.25, 0.3) is 0 Å². The van der Waals surface area contributed by atoms with Crippen LogP contribution in [0.15, 0.2) is 33.9 Å². The van der Waals surface area contributed by atoms with Crippen LogP contribution < -0.4 is 4.72 Å². The van der Waals surface area contributed by atoms with Gasteiger partial charge in [0.1, 0.15) is 4.21 Å². The summed E-state index contributed by atoms with van der Waals surface area (Å²) in [6.07, 6.45) is 1.93. The molecule has 0 saturated heterocycles. The number of sulfonamides is 1. The van der Waals surface area contributed by atoms with E-state index < -0.39 is 21.7 Å². The van der Waals surface area contributed by atoms with E-state index in [0.717, 1.165) is 35.8 Å². The highest BCUT2D eigenvalue weighted by Gasteiger charge is 2.32. The summed E-state index contributed by atoms with van der Waals surface area (Å²) in [6, 6.07) is 5.17. The molecule has 1 aromatic heterocycles. The largest absolute Gasteiger partial charge is 0.276 e. The zero-order valence-corrected chi connectivity index (χ0v) is 11.9. The number of thiophene rings is 1. The molecule has 0 atom stereocenters. The van der Waals surface area contributed by atoms with E-state index >= 15 is 0 Å². The van der Waals surface area contributed by atoms with Gasteiger partial charge in [-0.15, -0.1) is 11.3 Å². The summed E-state index contributed by atoms with van der Waals surface area (Å²) in [5.74, 6) is -2.01. The van der Waals surface area contributed by atoms with Gasteiger partial charge in [-0.05, 0) is 47.9 Å². The molecule has 1 fully saturated rings. The average Bonchev–Trinajstić information content (AvgIpc) is 3.11. The zero-order chi connectivity index (χ0) is 14.3. The Morgan fingerprint density at radius 3 is 2.65 bits per heavy atom. The van der Waals surface area contributed by atoms with Crippen LogP contribution >= 0.6 is 11.3 Å². The number of nitrogens with one attached hydrogen (secondary N) is 1. The third-order valence-corrected chi connectivity index (χ3v) is 6.00. The van der Waals surface area contributed by atoms with Crippen molar-refractivity contribution >= 4 is 27.0 Å². The van der Waals surface area contributed by atoms with E-state index in [9.17, 15) is 17.2 Å². The second-order valence-corrected chi connectivity index (χ2v) is 7.44. The van der Waals surface area contributed by atoms with Crippen molar-refractivity contribution in [3.05, 3.63) is 46.8 Å². The fourth-order valence-electron chi connectivity index (χ4n) is 1.99. The van der Waals surface area contributed by atoms with E-state index in [4.69, 9.17) is 0 Å². The molecular weight excluding hydrogens is 304 g/mol. The molecule has 3 nitrogen and oxygen atoms in total. The molecule has 1 N–H and O–H groups in total. The van der Waals surface area contributed by atoms with Gasteiger partial charge in [0.25, 0.3) is 10.0 Å². The summed E-state index contributed by atoms with van der Waals surface area (Å²) in [5.41, 5.74) is 0.388. The number of rotatable bonds is 4. The SMILES string of the molecule is O=S(=O)(Nc1cccc(F)c1F)c1sccc1C1CC1. The number of halogens is 2. The Kier molecular flexibility index (Phi) is 3.25. The second-order valence-electron chi connectivity index (χ2n) is 4.64. The van der Waals surface area contributed by atoms with Crippen LogP contribution in [0.3, 0.4) is 0 Å². The first-order chi connectivity index (χ1) is 9.49. The highest BCUT2D eigenvalue weighted by Crippen LogP contribution is 2.45. The van der Waals surface area contributed by atoms with Gasteiger partial charge in [-0.3, -0.25) is 4.72 Å². The molecule has 7 heteroatoms. The first-order valence-electron chi connectivity index (χ1n) is 6.03. The molecular formula is C13H11F2NO2S2. The molecule has 1 heterocycles. The summed E-state index contributed by atoms with van der Waals surface area (Å²) in [6.45, 7) is 0. The lowest BCUT2D eigenvalue weighted by Gasteiger charge is -2.09. The van der Waals surface area contributed by atoms with Crippen LogP contribution in [0.1, 0.15) is 24.3 Å². The molecule has 0 radical (unpaired) electrons. The second kappa shape index (κ2) is 4.82. The predicted octanol–water partition coefficient (Wildman–Crippen LogP) is 3.70. The molecule has 2 aromatic rings. The van der Waals surface area contributed by atoms with Crippen molar-refractivity contribution in [3.8, 4) is 0 Å². The van der Waals surface area contributed by atoms with Crippen molar-refractivity contribution in [1.82, 2.24) is 0 Å². The van der Waals surface area contributed by atoms with Crippen LogP contribution in [-0.2, 0) is 10.0 Å². The van der Waals surface area contributed by atoms with Gasteiger partial charge in [0.05, 0.1) is 5.69 Å². The highest BCUT2D eigenvalue weighted by atomic mass is 32.2. The van der Waals surface area contributed by atoms with E-state index in [1.165, 1.54) is 12.1 Å². The molecule has 0 spiro atoms. The van der Waals surface area contributed by atoms with E-state index in [2.05, 4.69) is 4.72 Å². The summed E-state index contributed by atoms with van der Waals surface area (Å²) in [5, 5.41) is 1.70. The number of hydrogen-bond acceptors (Lipinski definition) is 3. The molecule has 106 valence electrons. The van der Waals surface area contributed by atoms with Crippen LogP contribution in [-0.4, -0.2) is 8.42 Å². The Hall–Kier alpha value is -1.47. The van der Waals surface area contributed by atoms with Crippen LogP contribution in [0.5, 0.6) is 0 Å². The maximum atomic E-state index is 13.5. The molecule has 0 bridgehead atoms. The summed E-state index contributed by atoms with van der Waals surface area (Å²) in [7, 11) is -3.88. The molecule has 1 aliphatic carbocycles. The quantitative estimate of drug-likeness (QED) is 0.935. The Labute approximate surface area is 119 Å². The molecule has 3 rings (SSSR count). The van der Waals surface area contributed by atoms with Crippen molar-refractivity contribution in [2.24, 2.45) is 0 Å². The summed E-state index contributed by atoms with van der Waals surface area (Å²) in [4.78, 5) is 0. The van der Waals surface area contributed by atoms with Crippen LogP contribution in [0.2, 0.25) is 0 Å². The van der Waals surface area contributed by atoms with E-state index in [1.807, 2.05) is 0 Å². The first-order valence-corrected chi connectivity index (χ1v) is 8.39. The van der Waals surface area contributed by atoms with Crippen molar-refractivity contribution in [2.45, 2.75) is 23.0 Å². The predicted molar refractivity (Wildman–Crippen MR) is 73.5 cm³/mol. The highest BCUT2D eigenvalue weighted by molar-refractivity contribution is 7.94. The van der Waals surface area contributed by atoms with Gasteiger partial charge in [0.2, 0.25) is 0 Å². The molecule has 20 heavy (non-hydrogen) atoms. The minimum Gasteiger partial charge on any atom is -0.276 e. The number of hydrogen-bond donors (Lipinski definition) is 1. The minimum absolute atomic E-state index is 0.184. The smallest absolute Gasteiger partial charge is 0.271 e. The van der Waals surface area contributed by atoms with Crippen molar-refractivity contribution in [3.63, 3.8) is 0 Å². The summed E-state index contributed by atoms with van der Waals surface area (Å²) < 4.78 is 53.5. The fraction of sp³-hybridized carbons (Fsp3) is 0.231. The molecule has 1 saturated carbocycles. The van der Waals surface area contributed by atoms with E-state index in [-0.39, 0.29) is 15.8 Å². The third kappa shape index (κ3) is 2.43. The molecule has 0 unspecified atom stereocenters. The minimum atomic E-state index is -3.88. The van der Waals surface area contributed by atoms with Gasteiger partial charge in [-0.25, -0.2) is 17.2 Å². The Morgan fingerprint density at radius 1 is 1.20 bits per heavy atom. The maximum absolute atomic E-state index is 13.5. The lowest BCUT2D eigenvalue weighted by atomic mass is 10.2. The van der Waals surface area contributed by atoms with Crippen molar-refractivity contribution in [1.29, 1.82) is 0 Å². The average molecular weight is 315 g/mol. The maximum Gasteiger partial charge on any atom is 0.271 e. The van der Waals surface area contributed by atoms with Gasteiger partial charge >= 0.3 is 0 Å². The molecule has 1 aromatic carbocycles. The van der Waals surface area contributed by atoms with Crippen LogP contribution in [0, 0.1) is 11.6 Å². The Bertz CT molecular complexity index is 751. The van der Waals surface area contributed by atoms with Gasteiger partial charge in [0.15, 0.2) is 11.6 Å². The topological polar surface area (TPSA) is 46.2 Å². The van der Waals surface area contributed by atoms with Crippen molar-refractivity contribution < 1.29 is 17.2 Å². The fourth-order valence-corrected chi connectivity index (χ4v) is 4.59. The van der Waals surface area contributed by atoms with E-state index in [0.29, 0.717) is 0 Å². The van der Waals surface area contributed by atoms with Gasteiger partial charge in [0, 0.05) is 0 Å². The van der Waals surface area contributed by atoms with Gasteiger partial charge < -0.3 is 0 Å². The molecule has 1 aliphatic rings. The lowest BCUT2D eigenvalue weighted by Crippen LogP contribution is -2.14. The molecule has 0 amide bonds. The van der Waals surface area contributed by atoms with Crippen LogP contribution in [0.4, 0.5) is 14.5 Å². The lowest BCUT2D eigenvalue weighted by molar-refractivity contribution is 0.511. The Balaban J connectivity index is 1.96. The number of anilines is 1. The third-order valence-electron chi connectivity index (χ3n) is 3.12. The number of benzene rings is 1. The zero-order valence-electron chi connectivity index (χ0n) is 10.3. The van der Waals surface area contributed by atoms with Crippen molar-refractivity contribution in [2.75, 3.05) is 4.72 Å².